The molecule has 0 aliphatic carbocycles. The molecular weight excluding hydrogens is 180 g/mol. The van der Waals surface area contributed by atoms with Gasteiger partial charge in [-0.25, -0.2) is 0 Å². The Bertz CT molecular complexity index is 321. The van der Waals surface area contributed by atoms with E-state index in [9.17, 15) is 0 Å². The minimum Gasteiger partial charge on any atom is -0.0654 e. The molecule has 1 aromatic carbocycles. The van der Waals surface area contributed by atoms with Gasteiger partial charge < -0.3 is 0 Å². The molecule has 0 bridgehead atoms. The van der Waals surface area contributed by atoms with Gasteiger partial charge in [0.05, 0.1) is 0 Å². The van der Waals surface area contributed by atoms with Gasteiger partial charge in [0.1, 0.15) is 0 Å². The van der Waals surface area contributed by atoms with Gasteiger partial charge >= 0.3 is 0 Å². The molecule has 0 N–H and O–H groups in total. The summed E-state index contributed by atoms with van der Waals surface area (Å²) in [5.41, 5.74) is 5.98. The number of unbranched alkanes of at least 4 members (excludes halogenated alkanes) is 1. The highest BCUT2D eigenvalue weighted by atomic mass is 14.1. The van der Waals surface area contributed by atoms with Crippen molar-refractivity contribution in [3.63, 3.8) is 0 Å². The lowest BCUT2D eigenvalue weighted by molar-refractivity contribution is 0.786. The van der Waals surface area contributed by atoms with Gasteiger partial charge in [0.15, 0.2) is 0 Å². The largest absolute Gasteiger partial charge is 0.0654 e. The normalized spacial score (nSPS) is 11.1. The Labute approximate surface area is 94.7 Å². The average molecular weight is 204 g/mol. The van der Waals surface area contributed by atoms with E-state index in [0.29, 0.717) is 5.92 Å². The van der Waals surface area contributed by atoms with Crippen molar-refractivity contribution in [1.29, 1.82) is 0 Å². The minimum atomic E-state index is 0.643. The Morgan fingerprint density at radius 2 is 1.73 bits per heavy atom. The van der Waals surface area contributed by atoms with Crippen LogP contribution in [0, 0.1) is 13.8 Å². The van der Waals surface area contributed by atoms with Crippen LogP contribution in [0.4, 0.5) is 0 Å². The fourth-order valence-corrected chi connectivity index (χ4v) is 2.16. The third-order valence-corrected chi connectivity index (χ3v) is 3.15. The molecule has 0 saturated heterocycles. The molecular formula is C15H24. The van der Waals surface area contributed by atoms with Crippen LogP contribution in [-0.2, 0) is 6.42 Å². The molecule has 0 unspecified atom stereocenters. The van der Waals surface area contributed by atoms with E-state index in [-0.39, 0.29) is 0 Å². The Morgan fingerprint density at radius 3 is 2.27 bits per heavy atom. The number of aryl methyl sites for hydroxylation is 3. The second kappa shape index (κ2) is 5.34. The number of hydrogen-bond acceptors (Lipinski definition) is 0. The molecule has 1 rings (SSSR count). The summed E-state index contributed by atoms with van der Waals surface area (Å²) in [6, 6.07) is 4.77. The van der Waals surface area contributed by atoms with Gasteiger partial charge in [0.2, 0.25) is 0 Å². The van der Waals surface area contributed by atoms with E-state index < -0.39 is 0 Å². The fraction of sp³-hybridized carbons (Fsp3) is 0.600. The molecule has 0 heterocycles. The summed E-state index contributed by atoms with van der Waals surface area (Å²) in [5, 5.41) is 0. The number of benzene rings is 1. The topological polar surface area (TPSA) is 0 Å². The fourth-order valence-electron chi connectivity index (χ4n) is 2.16. The van der Waals surface area contributed by atoms with Crippen molar-refractivity contribution in [2.45, 2.75) is 59.8 Å². The van der Waals surface area contributed by atoms with Crippen molar-refractivity contribution in [3.05, 3.63) is 34.4 Å². The molecule has 0 aliphatic heterocycles. The third kappa shape index (κ3) is 3.09. The lowest BCUT2D eigenvalue weighted by Crippen LogP contribution is -1.98. The number of rotatable bonds is 4. The smallest absolute Gasteiger partial charge is 0.0216 e. The molecule has 84 valence electrons. The van der Waals surface area contributed by atoms with Crippen molar-refractivity contribution in [1.82, 2.24) is 0 Å². The third-order valence-electron chi connectivity index (χ3n) is 3.15. The molecule has 0 aliphatic rings. The summed E-state index contributed by atoms with van der Waals surface area (Å²) in [7, 11) is 0. The quantitative estimate of drug-likeness (QED) is 0.662. The second-order valence-electron chi connectivity index (χ2n) is 4.89. The molecule has 0 spiro atoms. The Kier molecular flexibility index (Phi) is 4.38. The lowest BCUT2D eigenvalue weighted by atomic mass is 9.91. The molecule has 15 heavy (non-hydrogen) atoms. The summed E-state index contributed by atoms with van der Waals surface area (Å²) in [4.78, 5) is 0. The van der Waals surface area contributed by atoms with Crippen LogP contribution in [-0.4, -0.2) is 0 Å². The van der Waals surface area contributed by atoms with E-state index in [1.165, 1.54) is 36.0 Å². The molecule has 0 fully saturated rings. The van der Waals surface area contributed by atoms with Gasteiger partial charge in [-0.15, -0.1) is 0 Å². The van der Waals surface area contributed by atoms with Crippen LogP contribution in [0.25, 0.3) is 0 Å². The van der Waals surface area contributed by atoms with Gasteiger partial charge in [-0.2, -0.15) is 0 Å². The van der Waals surface area contributed by atoms with Crippen molar-refractivity contribution in [3.8, 4) is 0 Å². The van der Waals surface area contributed by atoms with Crippen LogP contribution in [0.3, 0.4) is 0 Å². The van der Waals surface area contributed by atoms with Crippen LogP contribution in [0.1, 0.15) is 61.8 Å². The SMILES string of the molecule is CCCCc1cc(C)c(C(C)C)cc1C. The van der Waals surface area contributed by atoms with Crippen molar-refractivity contribution < 1.29 is 0 Å². The van der Waals surface area contributed by atoms with Crippen LogP contribution < -0.4 is 0 Å². The first-order valence-electron chi connectivity index (χ1n) is 6.16. The zero-order valence-corrected chi connectivity index (χ0v) is 10.9. The van der Waals surface area contributed by atoms with E-state index in [1.807, 2.05) is 0 Å². The van der Waals surface area contributed by atoms with E-state index in [0.717, 1.165) is 0 Å². The van der Waals surface area contributed by atoms with Crippen LogP contribution in [0.15, 0.2) is 12.1 Å². The van der Waals surface area contributed by atoms with Crippen LogP contribution in [0.2, 0.25) is 0 Å². The van der Waals surface area contributed by atoms with Gasteiger partial charge in [-0.05, 0) is 54.9 Å². The highest BCUT2D eigenvalue weighted by Gasteiger charge is 2.07. The molecule has 0 aromatic heterocycles. The first-order valence-corrected chi connectivity index (χ1v) is 6.16. The first-order chi connectivity index (χ1) is 7.06. The molecule has 0 amide bonds. The predicted molar refractivity (Wildman–Crippen MR) is 68.6 cm³/mol. The summed E-state index contributed by atoms with van der Waals surface area (Å²) >= 11 is 0. The maximum absolute atomic E-state index is 2.39. The highest BCUT2D eigenvalue weighted by Crippen LogP contribution is 2.23. The van der Waals surface area contributed by atoms with Gasteiger partial charge in [0, 0.05) is 0 Å². The molecule has 0 heteroatoms. The highest BCUT2D eigenvalue weighted by molar-refractivity contribution is 5.38. The summed E-state index contributed by atoms with van der Waals surface area (Å²) in [6.07, 6.45) is 3.83. The van der Waals surface area contributed by atoms with Crippen LogP contribution >= 0.6 is 0 Å². The van der Waals surface area contributed by atoms with Crippen molar-refractivity contribution >= 4 is 0 Å². The maximum Gasteiger partial charge on any atom is -0.0216 e. The Balaban J connectivity index is 2.97. The summed E-state index contributed by atoms with van der Waals surface area (Å²) < 4.78 is 0. The van der Waals surface area contributed by atoms with Crippen molar-refractivity contribution in [2.75, 3.05) is 0 Å². The Hall–Kier alpha value is -0.780. The second-order valence-corrected chi connectivity index (χ2v) is 4.89. The average Bonchev–Trinajstić information content (AvgIpc) is 2.18. The standard InChI is InChI=1S/C15H24/c1-6-7-8-14-9-13(5)15(11(2)3)10-12(14)4/h9-11H,6-8H2,1-5H3. The van der Waals surface area contributed by atoms with Crippen LogP contribution in [0.5, 0.6) is 0 Å². The van der Waals surface area contributed by atoms with Gasteiger partial charge in [-0.3, -0.25) is 0 Å². The first kappa shape index (κ1) is 12.3. The zero-order valence-electron chi connectivity index (χ0n) is 10.9. The van der Waals surface area contributed by atoms with Gasteiger partial charge in [0.25, 0.3) is 0 Å². The molecule has 0 nitrogen and oxygen atoms in total. The zero-order chi connectivity index (χ0) is 11.4. The van der Waals surface area contributed by atoms with E-state index in [2.05, 4.69) is 46.8 Å². The van der Waals surface area contributed by atoms with Crippen molar-refractivity contribution in [2.24, 2.45) is 0 Å². The monoisotopic (exact) mass is 204 g/mol. The predicted octanol–water partition coefficient (Wildman–Crippen LogP) is 4.77. The number of hydrogen-bond donors (Lipinski definition) is 0. The summed E-state index contributed by atoms with van der Waals surface area (Å²) in [6.45, 7) is 11.3. The molecule has 0 saturated carbocycles. The maximum atomic E-state index is 2.39. The summed E-state index contributed by atoms with van der Waals surface area (Å²) in [5.74, 6) is 0.643. The van der Waals surface area contributed by atoms with E-state index in [4.69, 9.17) is 0 Å². The lowest BCUT2D eigenvalue weighted by Gasteiger charge is -2.14. The van der Waals surface area contributed by atoms with Gasteiger partial charge in [-0.1, -0.05) is 39.3 Å². The molecule has 0 atom stereocenters. The van der Waals surface area contributed by atoms with E-state index in [1.54, 1.807) is 5.56 Å². The molecule has 1 aromatic rings. The minimum absolute atomic E-state index is 0.643. The molecule has 0 radical (unpaired) electrons. The Morgan fingerprint density at radius 1 is 1.07 bits per heavy atom. The van der Waals surface area contributed by atoms with E-state index >= 15 is 0 Å².